The van der Waals surface area contributed by atoms with E-state index >= 15 is 0 Å². The Morgan fingerprint density at radius 2 is 1.11 bits per heavy atom. The third-order valence-electron chi connectivity index (χ3n) is 15.2. The maximum absolute atomic E-state index is 8.62. The van der Waals surface area contributed by atoms with Crippen LogP contribution in [0.4, 0.5) is 22.7 Å². The van der Waals surface area contributed by atoms with Crippen LogP contribution in [0.25, 0.3) is 38.8 Å². The number of hydrogen-bond acceptors (Lipinski definition) is 4. The number of aryl methyl sites for hydroxylation is 1. The van der Waals surface area contributed by atoms with Crippen LogP contribution < -0.4 is 14.5 Å². The van der Waals surface area contributed by atoms with Crippen molar-refractivity contribution in [2.24, 2.45) is 0 Å². The van der Waals surface area contributed by atoms with Crippen LogP contribution in [-0.2, 0) is 21.1 Å². The predicted octanol–water partition coefficient (Wildman–Crippen LogP) is 15.8. The number of nitrogens with zero attached hydrogens (tertiary/aromatic N) is 4. The van der Waals surface area contributed by atoms with Crippen molar-refractivity contribution in [2.45, 2.75) is 30.6 Å². The molecule has 18 rings (SSSR count). The summed E-state index contributed by atoms with van der Waals surface area (Å²) in [5, 5.41) is 1.97. The van der Waals surface area contributed by atoms with Crippen LogP contribution >= 0.6 is 0 Å². The van der Waals surface area contributed by atoms with Gasteiger partial charge in [0.05, 0.1) is 6.85 Å². The van der Waals surface area contributed by atoms with Gasteiger partial charge >= 0.3 is 0 Å². The Bertz CT molecular complexity index is 4170. The van der Waals surface area contributed by atoms with Crippen molar-refractivity contribution in [3.05, 3.63) is 281 Å². The van der Waals surface area contributed by atoms with Crippen molar-refractivity contribution < 1.29 is 32.7 Å². The molecule has 0 amide bonds. The topological polar surface area (TPSA) is 33.5 Å². The third-order valence-corrected chi connectivity index (χ3v) is 15.2. The molecule has 5 nitrogen and oxygen atoms in total. The van der Waals surface area contributed by atoms with Gasteiger partial charge in [-0.25, -0.2) is 4.98 Å². The summed E-state index contributed by atoms with van der Waals surface area (Å²) < 4.78 is 50.6. The monoisotopic (exact) mass is 1100 g/mol. The van der Waals surface area contributed by atoms with Crippen molar-refractivity contribution >= 4 is 44.6 Å². The fourth-order valence-electron chi connectivity index (χ4n) is 12.3. The number of benzene rings is 9. The Kier molecular flexibility index (Phi) is 8.48. The van der Waals surface area contributed by atoms with E-state index in [0.717, 1.165) is 44.6 Å². The molecule has 71 heavy (non-hydrogen) atoms. The third kappa shape index (κ3) is 6.32. The summed E-state index contributed by atoms with van der Waals surface area (Å²) in [6.45, 7) is 4.03. The van der Waals surface area contributed by atoms with Crippen molar-refractivity contribution in [2.75, 3.05) is 9.80 Å². The molecular weight excluding hydrogens is 1050 g/mol. The molecule has 342 valence electrons. The van der Waals surface area contributed by atoms with Crippen molar-refractivity contribution in [3.63, 3.8) is 0 Å². The van der Waals surface area contributed by atoms with Crippen LogP contribution in [0.3, 0.4) is 0 Å². The van der Waals surface area contributed by atoms with Gasteiger partial charge in [0.15, 0.2) is 0 Å². The van der Waals surface area contributed by atoms with Gasteiger partial charge in [-0.15, -0.1) is 48.1 Å². The van der Waals surface area contributed by atoms with Crippen molar-refractivity contribution in [1.29, 1.82) is 0 Å². The van der Waals surface area contributed by atoms with Gasteiger partial charge in [-0.3, -0.25) is 0 Å². The summed E-state index contributed by atoms with van der Waals surface area (Å²) in [6, 6.07) is 68.6. The molecule has 0 saturated carbocycles. The molecule has 11 aromatic rings. The molecule has 2 atom stereocenters. The van der Waals surface area contributed by atoms with E-state index in [9.17, 15) is 0 Å². The summed E-state index contributed by atoms with van der Waals surface area (Å²) in [5.74, 6) is 2.31. The van der Waals surface area contributed by atoms with Crippen LogP contribution in [0.5, 0.6) is 11.5 Å². The zero-order valence-electron chi connectivity index (χ0n) is 43.2. The van der Waals surface area contributed by atoms with E-state index < -0.39 is 6.04 Å². The van der Waals surface area contributed by atoms with Gasteiger partial charge in [-0.2, -0.15) is 12.1 Å². The van der Waals surface area contributed by atoms with Crippen LogP contribution in [0, 0.1) is 25.7 Å². The van der Waals surface area contributed by atoms with Gasteiger partial charge in [-0.1, -0.05) is 145 Å². The Morgan fingerprint density at radius 3 is 1.77 bits per heavy atom. The number of hydrogen-bond donors (Lipinski definition) is 0. The maximum Gasteiger partial charge on any atom is 0.135 e. The van der Waals surface area contributed by atoms with E-state index in [2.05, 4.69) is 156 Å². The van der Waals surface area contributed by atoms with E-state index in [-0.39, 0.29) is 74.5 Å². The van der Waals surface area contributed by atoms with E-state index in [1.165, 1.54) is 44.5 Å². The summed E-state index contributed by atoms with van der Waals surface area (Å²) in [7, 11) is 0. The fourth-order valence-corrected chi connectivity index (χ4v) is 12.3. The molecule has 6 aliphatic carbocycles. The number of rotatable bonds is 6. The number of para-hydroxylation sites is 3. The van der Waals surface area contributed by atoms with E-state index in [0.29, 0.717) is 28.4 Å². The van der Waals surface area contributed by atoms with E-state index in [1.807, 2.05) is 60.0 Å². The van der Waals surface area contributed by atoms with Crippen molar-refractivity contribution in [1.82, 2.24) is 9.55 Å². The molecule has 7 aliphatic rings. The second kappa shape index (κ2) is 16.3. The zero-order chi connectivity index (χ0) is 50.4. The first-order chi connectivity index (χ1) is 36.7. The van der Waals surface area contributed by atoms with Crippen LogP contribution in [0.2, 0.25) is 0 Å². The number of fused-ring (bicyclic) bond motifs is 4. The molecule has 9 aromatic carbocycles. The van der Waals surface area contributed by atoms with Crippen LogP contribution in [0.15, 0.2) is 212 Å². The minimum atomic E-state index is -0.429. The second-order valence-corrected chi connectivity index (χ2v) is 18.8. The molecule has 3 heterocycles. The van der Waals surface area contributed by atoms with Gasteiger partial charge in [0.2, 0.25) is 0 Å². The Labute approximate surface area is 434 Å². The van der Waals surface area contributed by atoms with Gasteiger partial charge in [-0.05, 0) is 104 Å². The number of pyridine rings is 1. The molecule has 0 radical (unpaired) electrons. The molecule has 2 unspecified atom stereocenters. The van der Waals surface area contributed by atoms with Gasteiger partial charge < -0.3 is 19.1 Å². The molecule has 0 N–H and O–H groups in total. The number of aromatic nitrogens is 2. The molecule has 0 saturated heterocycles. The number of ether oxygens (including phenoxy) is 1. The normalized spacial score (nSPS) is 18.7. The minimum absolute atomic E-state index is 0. The Balaban J connectivity index is 0.00000528. The standard InChI is InChI=1S/C65H43N4O.Pt/c1-40-34-61(66-38-56(40)41-16-3-2-4-17-41)69-57-27-12-11-20-46(57)47-33-31-45(37-60(47)69)70-44-19-15-18-42(35-44)67-39-68(59-29-14-13-28-58(59)67)43-30-32-54-55(36-43)65-53-26-10-9-25-52(53)64(54)62-48-21-5-7-23-50(48)63(65)51-24-8-6-22-49(51)62;/h2-34,36,38-39,62-65H,1H3;/q-3;/i2D,3D,4D,16D,17D;. The molecule has 2 aromatic heterocycles. The van der Waals surface area contributed by atoms with Gasteiger partial charge in [0.25, 0.3) is 0 Å². The summed E-state index contributed by atoms with van der Waals surface area (Å²) in [4.78, 5) is 9.35. The molecule has 6 heteroatoms. The Hall–Kier alpha value is -7.98. The zero-order valence-corrected chi connectivity index (χ0v) is 40.5. The first-order valence-electron chi connectivity index (χ1n) is 26.3. The average molecular weight is 1100 g/mol. The number of anilines is 4. The first-order valence-corrected chi connectivity index (χ1v) is 23.8. The Morgan fingerprint density at radius 1 is 0.535 bits per heavy atom. The fraction of sp³-hybridized carbons (Fsp3) is 0.0769. The molecule has 0 fully saturated rings. The molecule has 4 bridgehead atoms. The van der Waals surface area contributed by atoms with Gasteiger partial charge in [0, 0.05) is 90.6 Å². The SMILES string of the molecule is [2H]c1c([2H])c([2H])c(-c2cnc(-n3c4[c-]c(Oc5[c-]c(N6[CH-]N(c7ccc8c(c7)C7c9ccccc9C8C8c9ccccc9C7c7ccccc78)c7ccccc76)ccc5)ccc4c4ccccc43)cc2C)c([2H])c1[2H].[Pt]. The average Bonchev–Trinajstić information content (AvgIpc) is 4.06. The molecular formula is C65H43N4OPt-3. The quantitative estimate of drug-likeness (QED) is 0.155. The van der Waals surface area contributed by atoms with E-state index in [4.69, 9.17) is 16.6 Å². The largest absolute Gasteiger partial charge is 0.509 e. The summed E-state index contributed by atoms with van der Waals surface area (Å²) in [5.41, 5.74) is 18.5. The van der Waals surface area contributed by atoms with Crippen LogP contribution in [-0.4, -0.2) is 9.55 Å². The molecule has 0 spiro atoms. The maximum atomic E-state index is 8.62. The van der Waals surface area contributed by atoms with Crippen LogP contribution in [0.1, 0.15) is 80.6 Å². The smallest absolute Gasteiger partial charge is 0.135 e. The van der Waals surface area contributed by atoms with Gasteiger partial charge in [0.1, 0.15) is 5.82 Å². The minimum Gasteiger partial charge on any atom is -0.509 e. The summed E-state index contributed by atoms with van der Waals surface area (Å²) in [6.07, 6.45) is 1.59. The summed E-state index contributed by atoms with van der Waals surface area (Å²) >= 11 is 0. The van der Waals surface area contributed by atoms with E-state index in [1.54, 1.807) is 6.20 Å². The molecule has 1 aliphatic heterocycles. The first kappa shape index (κ1) is 36.9. The predicted molar refractivity (Wildman–Crippen MR) is 281 cm³/mol. The van der Waals surface area contributed by atoms with Crippen molar-refractivity contribution in [3.8, 4) is 28.4 Å². The second-order valence-electron chi connectivity index (χ2n) is 18.8.